The molecule has 1 N–H and O–H groups in total. The van der Waals surface area contributed by atoms with Gasteiger partial charge in [-0.1, -0.05) is 0 Å². The molecule has 2 fully saturated rings. The zero-order valence-corrected chi connectivity index (χ0v) is 12.7. The molecule has 122 valence electrons. The summed E-state index contributed by atoms with van der Waals surface area (Å²) in [6.07, 6.45) is 1.63. The number of amides is 3. The Bertz CT molecular complexity index is 654. The summed E-state index contributed by atoms with van der Waals surface area (Å²) in [7, 11) is 0. The number of carbonyl (C=O) groups excluding carboxylic acids is 2. The fourth-order valence-corrected chi connectivity index (χ4v) is 2.97. The molecule has 8 heteroatoms. The van der Waals surface area contributed by atoms with Gasteiger partial charge in [0.2, 0.25) is 0 Å². The summed E-state index contributed by atoms with van der Waals surface area (Å²) in [6.45, 7) is 2.48. The first-order valence-corrected chi connectivity index (χ1v) is 7.42. The SMILES string of the molecule is C[C@@]1(c2ccc([N+](=O)[O-])cc2)NC(=O)N(C[C@H]2CCCO2)C1=O. The number of ether oxygens (including phenoxy) is 1. The van der Waals surface area contributed by atoms with Crippen molar-refractivity contribution in [3.8, 4) is 0 Å². The Balaban J connectivity index is 1.82. The van der Waals surface area contributed by atoms with Gasteiger partial charge >= 0.3 is 6.03 Å². The molecule has 0 spiro atoms. The molecule has 2 heterocycles. The number of nitro benzene ring substituents is 1. The van der Waals surface area contributed by atoms with Crippen LogP contribution in [0.4, 0.5) is 10.5 Å². The van der Waals surface area contributed by atoms with Gasteiger partial charge in [0.25, 0.3) is 11.6 Å². The molecule has 3 amide bonds. The molecule has 2 atom stereocenters. The molecule has 1 aromatic rings. The summed E-state index contributed by atoms with van der Waals surface area (Å²) in [5.74, 6) is -0.369. The van der Waals surface area contributed by atoms with Crippen LogP contribution in [0.3, 0.4) is 0 Å². The number of rotatable bonds is 4. The minimum absolute atomic E-state index is 0.0645. The second kappa shape index (κ2) is 5.62. The van der Waals surface area contributed by atoms with E-state index in [1.807, 2.05) is 0 Å². The van der Waals surface area contributed by atoms with E-state index in [0.717, 1.165) is 17.7 Å². The standard InChI is InChI=1S/C15H17N3O5/c1-15(10-4-6-11(7-5-10)18(21)22)13(19)17(14(20)16-15)9-12-3-2-8-23-12/h4-7,12H,2-3,8-9H2,1H3,(H,16,20)/t12-,15+/m1/s1. The number of benzene rings is 1. The molecule has 2 aliphatic rings. The number of nitro groups is 1. The first-order chi connectivity index (χ1) is 10.9. The fourth-order valence-electron chi connectivity index (χ4n) is 2.97. The van der Waals surface area contributed by atoms with Crippen LogP contribution < -0.4 is 5.32 Å². The summed E-state index contributed by atoms with van der Waals surface area (Å²) >= 11 is 0. The van der Waals surface area contributed by atoms with Gasteiger partial charge in [-0.25, -0.2) is 4.79 Å². The minimum atomic E-state index is -1.22. The Morgan fingerprint density at radius 3 is 2.65 bits per heavy atom. The predicted octanol–water partition coefficient (Wildman–Crippen LogP) is 1.54. The van der Waals surface area contributed by atoms with Crippen molar-refractivity contribution < 1.29 is 19.2 Å². The second-order valence-electron chi connectivity index (χ2n) is 5.91. The third-order valence-electron chi connectivity index (χ3n) is 4.34. The van der Waals surface area contributed by atoms with Gasteiger partial charge in [-0.05, 0) is 37.5 Å². The first-order valence-electron chi connectivity index (χ1n) is 7.42. The Kier molecular flexibility index (Phi) is 3.77. The van der Waals surface area contributed by atoms with E-state index in [1.165, 1.54) is 24.3 Å². The monoisotopic (exact) mass is 319 g/mol. The first kappa shape index (κ1) is 15.4. The van der Waals surface area contributed by atoms with Gasteiger partial charge < -0.3 is 10.1 Å². The molecule has 0 unspecified atom stereocenters. The molecule has 3 rings (SSSR count). The van der Waals surface area contributed by atoms with Crippen molar-refractivity contribution in [2.45, 2.75) is 31.4 Å². The average Bonchev–Trinajstić information content (AvgIpc) is 3.11. The van der Waals surface area contributed by atoms with Crippen LogP contribution in [0.25, 0.3) is 0 Å². The van der Waals surface area contributed by atoms with E-state index >= 15 is 0 Å². The van der Waals surface area contributed by atoms with Gasteiger partial charge in [-0.15, -0.1) is 0 Å². The maximum Gasteiger partial charge on any atom is 0.325 e. The summed E-state index contributed by atoms with van der Waals surface area (Å²) in [5, 5.41) is 13.4. The van der Waals surface area contributed by atoms with Crippen LogP contribution in [0.15, 0.2) is 24.3 Å². The molecular formula is C15H17N3O5. The van der Waals surface area contributed by atoms with E-state index in [9.17, 15) is 19.7 Å². The molecule has 2 aliphatic heterocycles. The quantitative estimate of drug-likeness (QED) is 0.515. The van der Waals surface area contributed by atoms with E-state index in [-0.39, 0.29) is 24.2 Å². The summed E-state index contributed by atoms with van der Waals surface area (Å²) in [6, 6.07) is 5.16. The summed E-state index contributed by atoms with van der Waals surface area (Å²) in [5.41, 5.74) is -0.771. The zero-order valence-electron chi connectivity index (χ0n) is 12.7. The van der Waals surface area contributed by atoms with Crippen molar-refractivity contribution in [3.63, 3.8) is 0 Å². The molecule has 0 aromatic heterocycles. The lowest BCUT2D eigenvalue weighted by Crippen LogP contribution is -2.42. The highest BCUT2D eigenvalue weighted by molar-refractivity contribution is 6.07. The number of non-ortho nitro benzene ring substituents is 1. The van der Waals surface area contributed by atoms with E-state index in [4.69, 9.17) is 4.74 Å². The Labute approximate surface area is 132 Å². The van der Waals surface area contributed by atoms with Gasteiger partial charge in [-0.3, -0.25) is 19.8 Å². The molecule has 0 aliphatic carbocycles. The van der Waals surface area contributed by atoms with E-state index in [1.54, 1.807) is 6.92 Å². The van der Waals surface area contributed by atoms with Crippen LogP contribution in [0.1, 0.15) is 25.3 Å². The smallest absolute Gasteiger partial charge is 0.325 e. The Morgan fingerprint density at radius 1 is 1.39 bits per heavy atom. The van der Waals surface area contributed by atoms with Crippen molar-refractivity contribution >= 4 is 17.6 Å². The molecule has 0 bridgehead atoms. The summed E-state index contributed by atoms with van der Waals surface area (Å²) < 4.78 is 5.48. The van der Waals surface area contributed by atoms with Gasteiger partial charge in [0.05, 0.1) is 17.6 Å². The lowest BCUT2D eigenvalue weighted by atomic mass is 9.92. The molecule has 0 radical (unpaired) electrons. The summed E-state index contributed by atoms with van der Waals surface area (Å²) in [4.78, 5) is 36.2. The highest BCUT2D eigenvalue weighted by atomic mass is 16.6. The molecular weight excluding hydrogens is 302 g/mol. The van der Waals surface area contributed by atoms with E-state index in [2.05, 4.69) is 5.32 Å². The topological polar surface area (TPSA) is 102 Å². The van der Waals surface area contributed by atoms with Crippen LogP contribution in [0.5, 0.6) is 0 Å². The number of urea groups is 1. The van der Waals surface area contributed by atoms with Crippen LogP contribution in [0, 0.1) is 10.1 Å². The molecule has 1 aromatic carbocycles. The highest BCUT2D eigenvalue weighted by Gasteiger charge is 2.49. The van der Waals surface area contributed by atoms with Crippen molar-refractivity contribution in [2.24, 2.45) is 0 Å². The maximum atomic E-state index is 12.7. The average molecular weight is 319 g/mol. The number of imide groups is 1. The molecule has 23 heavy (non-hydrogen) atoms. The Hall–Kier alpha value is -2.48. The van der Waals surface area contributed by atoms with Gasteiger partial charge in [-0.2, -0.15) is 0 Å². The Morgan fingerprint density at radius 2 is 2.09 bits per heavy atom. The number of nitrogens with zero attached hydrogens (tertiary/aromatic N) is 2. The van der Waals surface area contributed by atoms with Crippen LogP contribution >= 0.6 is 0 Å². The van der Waals surface area contributed by atoms with Crippen molar-refractivity contribution in [2.75, 3.05) is 13.2 Å². The highest BCUT2D eigenvalue weighted by Crippen LogP contribution is 2.30. The minimum Gasteiger partial charge on any atom is -0.376 e. The van der Waals surface area contributed by atoms with Crippen molar-refractivity contribution in [1.82, 2.24) is 10.2 Å². The predicted molar refractivity (Wildman–Crippen MR) is 79.7 cm³/mol. The third-order valence-corrected chi connectivity index (χ3v) is 4.34. The number of nitrogens with one attached hydrogen (secondary N) is 1. The normalized spacial score (nSPS) is 27.3. The van der Waals surface area contributed by atoms with Crippen LogP contribution in [-0.4, -0.2) is 41.0 Å². The number of hydrogen-bond donors (Lipinski definition) is 1. The number of hydrogen-bond acceptors (Lipinski definition) is 5. The fraction of sp³-hybridized carbons (Fsp3) is 0.467. The zero-order chi connectivity index (χ0) is 16.6. The molecule has 0 saturated carbocycles. The van der Waals surface area contributed by atoms with Crippen molar-refractivity contribution in [1.29, 1.82) is 0 Å². The van der Waals surface area contributed by atoms with Crippen LogP contribution in [0.2, 0.25) is 0 Å². The number of carbonyl (C=O) groups is 2. The second-order valence-corrected chi connectivity index (χ2v) is 5.91. The van der Waals surface area contributed by atoms with E-state index in [0.29, 0.717) is 12.2 Å². The molecule has 8 nitrogen and oxygen atoms in total. The lowest BCUT2D eigenvalue weighted by Gasteiger charge is -2.23. The third kappa shape index (κ3) is 2.65. The van der Waals surface area contributed by atoms with Gasteiger partial charge in [0.1, 0.15) is 5.54 Å². The van der Waals surface area contributed by atoms with Crippen LogP contribution in [-0.2, 0) is 15.1 Å². The van der Waals surface area contributed by atoms with Gasteiger partial charge in [0.15, 0.2) is 0 Å². The van der Waals surface area contributed by atoms with E-state index < -0.39 is 16.5 Å². The van der Waals surface area contributed by atoms with Gasteiger partial charge in [0, 0.05) is 18.7 Å². The lowest BCUT2D eigenvalue weighted by molar-refractivity contribution is -0.384. The van der Waals surface area contributed by atoms with Crippen molar-refractivity contribution in [3.05, 3.63) is 39.9 Å². The molecule has 2 saturated heterocycles. The maximum absolute atomic E-state index is 12.7. The largest absolute Gasteiger partial charge is 0.376 e.